The summed E-state index contributed by atoms with van der Waals surface area (Å²) in [6, 6.07) is 2.12. The van der Waals surface area contributed by atoms with Gasteiger partial charge in [0.05, 0.1) is 5.57 Å². The number of aliphatic hydroxyl groups is 1. The summed E-state index contributed by atoms with van der Waals surface area (Å²) >= 11 is 0. The van der Waals surface area contributed by atoms with E-state index in [0.29, 0.717) is 32.1 Å². The van der Waals surface area contributed by atoms with Crippen molar-refractivity contribution >= 4 is 21.6 Å². The number of nitrogens with one attached hydrogen (secondary N) is 1. The number of carbonyl (C=O) groups is 2. The van der Waals surface area contributed by atoms with Gasteiger partial charge in [-0.1, -0.05) is 53.5 Å². The molecular formula is C33H44N2O5S. The molecule has 8 heteroatoms. The Morgan fingerprint density at radius 1 is 1.02 bits per heavy atom. The minimum absolute atomic E-state index is 0.0843. The Kier molecular flexibility index (Phi) is 6.37. The van der Waals surface area contributed by atoms with Gasteiger partial charge in [0.15, 0.2) is 11.6 Å². The molecule has 7 nitrogen and oxygen atoms in total. The molecule has 5 aliphatic rings. The lowest BCUT2D eigenvalue weighted by Crippen LogP contribution is -2.74. The van der Waals surface area contributed by atoms with E-state index in [2.05, 4.69) is 37.5 Å². The zero-order valence-corrected chi connectivity index (χ0v) is 26.3. The number of nitrogens with zero attached hydrogens (tertiary/aromatic N) is 1. The van der Waals surface area contributed by atoms with Crippen molar-refractivity contribution in [3.05, 3.63) is 23.3 Å². The molecule has 0 saturated heterocycles. The molecule has 0 unspecified atom stereocenters. The number of carbonyl (C=O) groups excluding carboxylic acids is 2. The second-order valence-corrected chi connectivity index (χ2v) is 17.2. The van der Waals surface area contributed by atoms with E-state index in [9.17, 15) is 28.4 Å². The molecule has 0 heterocycles. The fourth-order valence-corrected chi connectivity index (χ4v) is 11.6. The second-order valence-electron chi connectivity index (χ2n) is 15.5. The molecular weight excluding hydrogens is 536 g/mol. The number of rotatable bonds is 3. The predicted molar refractivity (Wildman–Crippen MR) is 156 cm³/mol. The maximum Gasteiger partial charge on any atom is 0.223 e. The first kappa shape index (κ1) is 30.2. The number of fused-ring (bicyclic) bond motifs is 7. The molecule has 0 aromatic heterocycles. The zero-order valence-electron chi connectivity index (χ0n) is 25.5. The monoisotopic (exact) mass is 580 g/mol. The van der Waals surface area contributed by atoms with E-state index in [-0.39, 0.29) is 28.5 Å². The van der Waals surface area contributed by atoms with Crippen LogP contribution in [0.25, 0.3) is 0 Å². The smallest absolute Gasteiger partial charge is 0.223 e. The van der Waals surface area contributed by atoms with Crippen LogP contribution in [-0.2, 0) is 19.6 Å². The Morgan fingerprint density at radius 3 is 2.27 bits per heavy atom. The lowest BCUT2D eigenvalue weighted by Gasteiger charge is -2.71. The quantitative estimate of drug-likeness (QED) is 0.469. The Bertz CT molecular complexity index is 1500. The highest BCUT2D eigenvalue weighted by Gasteiger charge is 2.75. The van der Waals surface area contributed by atoms with Gasteiger partial charge in [-0.05, 0) is 80.3 Å². The molecule has 3 saturated carbocycles. The lowest BCUT2D eigenvalue weighted by atomic mass is 9.33. The van der Waals surface area contributed by atoms with Crippen LogP contribution in [0.5, 0.6) is 0 Å². The molecule has 0 bridgehead atoms. The fraction of sp³-hybridized carbons (Fsp3) is 0.727. The maximum absolute atomic E-state index is 14.5. The van der Waals surface area contributed by atoms with E-state index in [1.54, 1.807) is 12.2 Å². The van der Waals surface area contributed by atoms with E-state index in [1.165, 1.54) is 0 Å². The first-order valence-electron chi connectivity index (χ1n) is 14.8. The minimum atomic E-state index is -3.73. The van der Waals surface area contributed by atoms with Crippen LogP contribution in [0.15, 0.2) is 23.3 Å². The van der Waals surface area contributed by atoms with Crippen LogP contribution in [-0.4, -0.2) is 42.0 Å². The van der Waals surface area contributed by atoms with E-state index < -0.39 is 54.5 Å². The number of hydrogen-bond donors (Lipinski definition) is 2. The summed E-state index contributed by atoms with van der Waals surface area (Å²) in [6.07, 6.45) is 13.2. The fourth-order valence-electron chi connectivity index (χ4n) is 10.4. The largest absolute Gasteiger partial charge is 0.381 e. The molecule has 41 heavy (non-hydrogen) atoms. The van der Waals surface area contributed by atoms with Crippen LogP contribution < -0.4 is 4.72 Å². The Labute approximate surface area is 245 Å². The third-order valence-corrected chi connectivity index (χ3v) is 14.3. The number of allylic oxidation sites excluding steroid dienone is 3. The normalized spacial score (nSPS) is 46.9. The van der Waals surface area contributed by atoms with Crippen LogP contribution in [0.3, 0.4) is 0 Å². The summed E-state index contributed by atoms with van der Waals surface area (Å²) < 4.78 is 28.3. The first-order chi connectivity index (χ1) is 18.7. The molecule has 3 fully saturated rings. The lowest BCUT2D eigenvalue weighted by molar-refractivity contribution is -0.239. The third-order valence-electron chi connectivity index (χ3n) is 12.9. The molecule has 2 N–H and O–H groups in total. The number of Topliss-reactive ketones (excluding diaryl/α,β-unsaturated/α-hetero) is 1. The summed E-state index contributed by atoms with van der Waals surface area (Å²) in [5, 5.41) is 22.8. The minimum Gasteiger partial charge on any atom is -0.381 e. The molecule has 5 aliphatic carbocycles. The van der Waals surface area contributed by atoms with Gasteiger partial charge in [-0.15, -0.1) is 6.42 Å². The van der Waals surface area contributed by atoms with E-state index in [0.717, 1.165) is 18.4 Å². The average Bonchev–Trinajstić information content (AvgIpc) is 2.86. The molecule has 5 rings (SSSR count). The van der Waals surface area contributed by atoms with Crippen LogP contribution in [0, 0.1) is 62.6 Å². The van der Waals surface area contributed by atoms with Gasteiger partial charge in [0.1, 0.15) is 17.4 Å². The molecule has 0 spiro atoms. The number of sulfonamides is 1. The summed E-state index contributed by atoms with van der Waals surface area (Å²) in [5.74, 6) is 0.738. The molecule has 0 amide bonds. The van der Waals surface area contributed by atoms with Crippen molar-refractivity contribution in [1.29, 1.82) is 5.26 Å². The van der Waals surface area contributed by atoms with Crippen molar-refractivity contribution < 1.29 is 23.1 Å². The van der Waals surface area contributed by atoms with Crippen molar-refractivity contribution in [3.63, 3.8) is 0 Å². The van der Waals surface area contributed by atoms with Crippen molar-refractivity contribution in [2.24, 2.45) is 38.9 Å². The number of nitriles is 1. The van der Waals surface area contributed by atoms with Gasteiger partial charge in [-0.2, -0.15) is 5.26 Å². The highest BCUT2D eigenvalue weighted by atomic mass is 32.2. The Hall–Kier alpha value is -2.26. The number of terminal acetylenes is 1. The Balaban J connectivity index is 1.66. The van der Waals surface area contributed by atoms with Gasteiger partial charge < -0.3 is 5.11 Å². The molecule has 8 atom stereocenters. The molecule has 0 radical (unpaired) electrons. The SMILES string of the molecule is C#CCS(=O)(=O)N[C@@]1(C)CC[C@@]2(C)CC[C@@]3(C)[C@]4(C)CC[C@H]5C(C)(C)C(=O)C(C#N)=C[C@]5(C)C4=CC(=O)[C@]3(O)[C@@H]2C1. The summed E-state index contributed by atoms with van der Waals surface area (Å²) in [4.78, 5) is 27.7. The summed E-state index contributed by atoms with van der Waals surface area (Å²) in [5.41, 5.74) is -4.71. The van der Waals surface area contributed by atoms with Gasteiger partial charge in [-0.3, -0.25) is 9.59 Å². The number of hydrogen-bond acceptors (Lipinski definition) is 6. The highest BCUT2D eigenvalue weighted by molar-refractivity contribution is 7.89. The van der Waals surface area contributed by atoms with Gasteiger partial charge in [0, 0.05) is 27.7 Å². The molecule has 222 valence electrons. The van der Waals surface area contributed by atoms with Crippen LogP contribution in [0.1, 0.15) is 93.4 Å². The first-order valence-corrected chi connectivity index (χ1v) is 16.5. The third kappa shape index (κ3) is 3.73. The van der Waals surface area contributed by atoms with Crippen molar-refractivity contribution in [2.75, 3.05) is 5.75 Å². The maximum atomic E-state index is 14.5. The highest BCUT2D eigenvalue weighted by Crippen LogP contribution is 2.75. The Morgan fingerprint density at radius 2 is 1.66 bits per heavy atom. The average molecular weight is 581 g/mol. The van der Waals surface area contributed by atoms with Crippen LogP contribution in [0.2, 0.25) is 0 Å². The van der Waals surface area contributed by atoms with Crippen LogP contribution >= 0.6 is 0 Å². The van der Waals surface area contributed by atoms with Gasteiger partial charge in [-0.25, -0.2) is 13.1 Å². The predicted octanol–water partition coefficient (Wildman–Crippen LogP) is 4.63. The van der Waals surface area contributed by atoms with Crippen LogP contribution in [0.4, 0.5) is 0 Å². The molecule has 0 aromatic carbocycles. The van der Waals surface area contributed by atoms with Crippen molar-refractivity contribution in [3.8, 4) is 18.4 Å². The van der Waals surface area contributed by atoms with Gasteiger partial charge in [0.25, 0.3) is 0 Å². The topological polar surface area (TPSA) is 124 Å². The van der Waals surface area contributed by atoms with E-state index in [4.69, 9.17) is 6.42 Å². The van der Waals surface area contributed by atoms with Crippen molar-refractivity contribution in [1.82, 2.24) is 4.72 Å². The van der Waals surface area contributed by atoms with Gasteiger partial charge in [0.2, 0.25) is 10.0 Å². The van der Waals surface area contributed by atoms with Gasteiger partial charge >= 0.3 is 0 Å². The van der Waals surface area contributed by atoms with E-state index >= 15 is 0 Å². The van der Waals surface area contributed by atoms with E-state index in [1.807, 2.05) is 27.7 Å². The number of ketones is 2. The van der Waals surface area contributed by atoms with Crippen molar-refractivity contribution in [2.45, 2.75) is 105 Å². The summed E-state index contributed by atoms with van der Waals surface area (Å²) in [6.45, 7) is 14.1. The second kappa shape index (κ2) is 8.65. The standard InChI is InChI=1S/C33H44N2O5S/c1-9-16-41(39,40)35-29(5)14-12-28(4)13-15-32(8)31(7)11-10-22-27(2,3)26(37)21(20-34)18-30(22,6)23(31)17-25(36)33(32,38)24(28)19-29/h1,17-18,22,24,35,38H,10-16,19H2,2-8H3/t22-,24+,28-,29-,30-,31+,32-,33+/m0/s1. The molecule has 0 aromatic rings. The zero-order chi connectivity index (χ0) is 30.7. The summed E-state index contributed by atoms with van der Waals surface area (Å²) in [7, 11) is -3.73. The molecule has 0 aliphatic heterocycles.